The third-order valence-electron chi connectivity index (χ3n) is 2.94. The molecule has 0 bridgehead atoms. The van der Waals surface area contributed by atoms with E-state index in [2.05, 4.69) is 5.32 Å². The van der Waals surface area contributed by atoms with Crippen molar-refractivity contribution in [2.45, 2.75) is 32.3 Å². The second kappa shape index (κ2) is 5.35. The van der Waals surface area contributed by atoms with Crippen LogP contribution in [-0.4, -0.2) is 17.0 Å². The molecule has 0 fully saturated rings. The van der Waals surface area contributed by atoms with Crippen molar-refractivity contribution >= 4 is 28.8 Å². The number of carbonyl (C=O) groups is 1. The SMILES string of the molecule is CCC(Oc1ccc2c(c1)CCC(=O)N2)C(N)=S. The highest BCUT2D eigenvalue weighted by atomic mass is 32.1. The van der Waals surface area contributed by atoms with Gasteiger partial charge >= 0.3 is 0 Å². The van der Waals surface area contributed by atoms with Gasteiger partial charge in [-0.05, 0) is 36.6 Å². The fourth-order valence-electron chi connectivity index (χ4n) is 1.94. The first-order chi connectivity index (χ1) is 8.60. The molecule has 1 aliphatic heterocycles. The van der Waals surface area contributed by atoms with Crippen molar-refractivity contribution in [2.75, 3.05) is 5.32 Å². The number of hydrogen-bond acceptors (Lipinski definition) is 3. The number of aryl methyl sites for hydroxylation is 1. The number of fused-ring (bicyclic) bond motifs is 1. The van der Waals surface area contributed by atoms with Crippen molar-refractivity contribution in [1.29, 1.82) is 0 Å². The van der Waals surface area contributed by atoms with Crippen molar-refractivity contribution < 1.29 is 9.53 Å². The van der Waals surface area contributed by atoms with Crippen LogP contribution in [0.4, 0.5) is 5.69 Å². The highest BCUT2D eigenvalue weighted by Gasteiger charge is 2.17. The molecule has 0 aromatic heterocycles. The Kier molecular flexibility index (Phi) is 3.81. The van der Waals surface area contributed by atoms with Crippen LogP contribution in [0.3, 0.4) is 0 Å². The molecule has 18 heavy (non-hydrogen) atoms. The van der Waals surface area contributed by atoms with E-state index in [1.807, 2.05) is 25.1 Å². The highest BCUT2D eigenvalue weighted by Crippen LogP contribution is 2.27. The third-order valence-corrected chi connectivity index (χ3v) is 3.20. The average Bonchev–Trinajstić information content (AvgIpc) is 2.35. The van der Waals surface area contributed by atoms with Gasteiger partial charge in [0, 0.05) is 12.1 Å². The van der Waals surface area contributed by atoms with E-state index in [9.17, 15) is 4.79 Å². The van der Waals surface area contributed by atoms with Gasteiger partial charge in [0.15, 0.2) is 0 Å². The Bertz CT molecular complexity index is 488. The van der Waals surface area contributed by atoms with Gasteiger partial charge in [-0.1, -0.05) is 19.1 Å². The van der Waals surface area contributed by atoms with Crippen LogP contribution in [0, 0.1) is 0 Å². The summed E-state index contributed by atoms with van der Waals surface area (Å²) in [7, 11) is 0. The molecular weight excluding hydrogens is 248 g/mol. The summed E-state index contributed by atoms with van der Waals surface area (Å²) in [6, 6.07) is 5.62. The fraction of sp³-hybridized carbons (Fsp3) is 0.385. The molecule has 1 aliphatic rings. The van der Waals surface area contributed by atoms with Crippen molar-refractivity contribution in [3.63, 3.8) is 0 Å². The van der Waals surface area contributed by atoms with E-state index in [1.54, 1.807) is 0 Å². The Morgan fingerprint density at radius 2 is 2.33 bits per heavy atom. The maximum atomic E-state index is 11.2. The minimum absolute atomic E-state index is 0.0609. The summed E-state index contributed by atoms with van der Waals surface area (Å²) in [5, 5.41) is 2.83. The molecule has 2 rings (SSSR count). The van der Waals surface area contributed by atoms with Gasteiger partial charge in [-0.3, -0.25) is 4.79 Å². The Hall–Kier alpha value is -1.62. The second-order valence-electron chi connectivity index (χ2n) is 4.28. The van der Waals surface area contributed by atoms with E-state index in [-0.39, 0.29) is 12.0 Å². The molecule has 0 saturated heterocycles. The first-order valence-electron chi connectivity index (χ1n) is 5.99. The van der Waals surface area contributed by atoms with Crippen LogP contribution in [0.5, 0.6) is 5.75 Å². The Morgan fingerprint density at radius 1 is 1.56 bits per heavy atom. The predicted octanol–water partition coefficient (Wildman–Crippen LogP) is 2.01. The van der Waals surface area contributed by atoms with Crippen LogP contribution in [0.2, 0.25) is 0 Å². The Labute approximate surface area is 112 Å². The maximum absolute atomic E-state index is 11.2. The van der Waals surface area contributed by atoms with E-state index >= 15 is 0 Å². The monoisotopic (exact) mass is 264 g/mol. The van der Waals surface area contributed by atoms with E-state index in [4.69, 9.17) is 22.7 Å². The third kappa shape index (κ3) is 2.79. The summed E-state index contributed by atoms with van der Waals surface area (Å²) in [5.41, 5.74) is 7.55. The lowest BCUT2D eigenvalue weighted by Gasteiger charge is -2.20. The van der Waals surface area contributed by atoms with Gasteiger partial charge in [0.25, 0.3) is 0 Å². The van der Waals surface area contributed by atoms with E-state index in [1.165, 1.54) is 0 Å². The van der Waals surface area contributed by atoms with Crippen molar-refractivity contribution in [3.8, 4) is 5.75 Å². The van der Waals surface area contributed by atoms with Gasteiger partial charge < -0.3 is 15.8 Å². The molecule has 3 N–H and O–H groups in total. The fourth-order valence-corrected chi connectivity index (χ4v) is 2.15. The molecule has 1 heterocycles. The van der Waals surface area contributed by atoms with Crippen molar-refractivity contribution in [1.82, 2.24) is 0 Å². The van der Waals surface area contributed by atoms with Gasteiger partial charge in [-0.2, -0.15) is 0 Å². The summed E-state index contributed by atoms with van der Waals surface area (Å²) in [6.45, 7) is 1.97. The normalized spacial score (nSPS) is 15.5. The van der Waals surface area contributed by atoms with Crippen LogP contribution < -0.4 is 15.8 Å². The molecule has 0 saturated carbocycles. The number of rotatable bonds is 4. The van der Waals surface area contributed by atoms with E-state index in [0.717, 1.165) is 29.8 Å². The molecule has 1 aromatic carbocycles. The van der Waals surface area contributed by atoms with E-state index in [0.29, 0.717) is 11.4 Å². The minimum atomic E-state index is -0.240. The highest BCUT2D eigenvalue weighted by molar-refractivity contribution is 7.80. The Morgan fingerprint density at radius 3 is 3.00 bits per heavy atom. The maximum Gasteiger partial charge on any atom is 0.224 e. The smallest absolute Gasteiger partial charge is 0.224 e. The molecule has 96 valence electrons. The number of thiocarbonyl (C=S) groups is 1. The zero-order valence-corrected chi connectivity index (χ0v) is 11.0. The second-order valence-corrected chi connectivity index (χ2v) is 4.76. The zero-order chi connectivity index (χ0) is 13.1. The topological polar surface area (TPSA) is 64.3 Å². The number of carbonyl (C=O) groups excluding carboxylic acids is 1. The summed E-state index contributed by atoms with van der Waals surface area (Å²) in [5.74, 6) is 0.801. The van der Waals surface area contributed by atoms with Crippen LogP contribution in [0.15, 0.2) is 18.2 Å². The zero-order valence-electron chi connectivity index (χ0n) is 10.2. The molecule has 5 heteroatoms. The minimum Gasteiger partial charge on any atom is -0.483 e. The van der Waals surface area contributed by atoms with E-state index < -0.39 is 0 Å². The van der Waals surface area contributed by atoms with Crippen LogP contribution in [-0.2, 0) is 11.2 Å². The molecule has 1 amide bonds. The van der Waals surface area contributed by atoms with Crippen LogP contribution in [0.1, 0.15) is 25.3 Å². The first kappa shape index (κ1) is 12.8. The number of anilines is 1. The molecule has 0 radical (unpaired) electrons. The number of ether oxygens (including phenoxy) is 1. The summed E-state index contributed by atoms with van der Waals surface area (Å²) >= 11 is 4.95. The number of nitrogens with one attached hydrogen (secondary N) is 1. The molecule has 4 nitrogen and oxygen atoms in total. The number of nitrogens with two attached hydrogens (primary N) is 1. The molecule has 1 atom stereocenters. The lowest BCUT2D eigenvalue weighted by atomic mass is 10.0. The number of amides is 1. The first-order valence-corrected chi connectivity index (χ1v) is 6.39. The van der Waals surface area contributed by atoms with Gasteiger partial charge in [-0.25, -0.2) is 0 Å². The molecule has 1 unspecified atom stereocenters. The summed E-state index contributed by atoms with van der Waals surface area (Å²) in [4.78, 5) is 11.6. The van der Waals surface area contributed by atoms with Crippen molar-refractivity contribution in [2.24, 2.45) is 5.73 Å². The lowest BCUT2D eigenvalue weighted by Crippen LogP contribution is -2.31. The van der Waals surface area contributed by atoms with Gasteiger partial charge in [0.2, 0.25) is 5.91 Å². The molecule has 0 aliphatic carbocycles. The summed E-state index contributed by atoms with van der Waals surface area (Å²) in [6.07, 6.45) is 1.75. The van der Waals surface area contributed by atoms with Gasteiger partial charge in [0.1, 0.15) is 16.8 Å². The lowest BCUT2D eigenvalue weighted by molar-refractivity contribution is -0.116. The number of hydrogen-bond donors (Lipinski definition) is 2. The average molecular weight is 264 g/mol. The predicted molar refractivity (Wildman–Crippen MR) is 74.9 cm³/mol. The molecular formula is C13H16N2O2S. The summed E-state index contributed by atoms with van der Waals surface area (Å²) < 4.78 is 5.74. The quantitative estimate of drug-likeness (QED) is 0.817. The standard InChI is InChI=1S/C13H16N2O2S/c1-2-11(13(14)18)17-9-4-5-10-8(7-9)3-6-12(16)15-10/h4-5,7,11H,2-3,6H2,1H3,(H2,14,18)(H,15,16). The van der Waals surface area contributed by atoms with Crippen LogP contribution in [0.25, 0.3) is 0 Å². The molecule has 1 aromatic rings. The van der Waals surface area contributed by atoms with Crippen molar-refractivity contribution in [3.05, 3.63) is 23.8 Å². The van der Waals surface area contributed by atoms with Crippen LogP contribution >= 0.6 is 12.2 Å². The molecule has 0 spiro atoms. The Balaban J connectivity index is 2.16. The largest absolute Gasteiger partial charge is 0.483 e. The van der Waals surface area contributed by atoms with Gasteiger partial charge in [0.05, 0.1) is 0 Å². The van der Waals surface area contributed by atoms with Gasteiger partial charge in [-0.15, -0.1) is 0 Å². The number of benzene rings is 1.